The van der Waals surface area contributed by atoms with E-state index < -0.39 is 18.0 Å². The first-order valence-electron chi connectivity index (χ1n) is 21.0. The van der Waals surface area contributed by atoms with E-state index in [1.165, 1.54) is 7.11 Å². The molecule has 2 N–H and O–H groups in total. The van der Waals surface area contributed by atoms with Crippen LogP contribution in [-0.4, -0.2) is 86.2 Å². The monoisotopic (exact) mass is 895 g/mol. The predicted molar refractivity (Wildman–Crippen MR) is 236 cm³/mol. The highest BCUT2D eigenvalue weighted by molar-refractivity contribution is 6.35. The van der Waals surface area contributed by atoms with Crippen LogP contribution in [0.5, 0.6) is 17.2 Å². The van der Waals surface area contributed by atoms with Crippen molar-refractivity contribution in [2.24, 2.45) is 11.8 Å². The molecule has 0 unspecified atom stereocenters. The fourth-order valence-corrected chi connectivity index (χ4v) is 9.21. The number of hydrogen-bond acceptors (Lipinski definition) is 10. The van der Waals surface area contributed by atoms with Gasteiger partial charge in [-0.1, -0.05) is 83.9 Å². The fraction of sp³-hybridized carbons (Fsp3) is 0.347. The van der Waals surface area contributed by atoms with E-state index in [0.717, 1.165) is 49.2 Å². The van der Waals surface area contributed by atoms with Gasteiger partial charge in [0, 0.05) is 43.1 Å². The summed E-state index contributed by atoms with van der Waals surface area (Å²) in [5, 5.41) is 0.816. The van der Waals surface area contributed by atoms with Crippen LogP contribution in [0.1, 0.15) is 69.5 Å². The number of carbonyl (C=O) groups is 3. The Kier molecular flexibility index (Phi) is 14.9. The topological polar surface area (TPSA) is 148 Å². The van der Waals surface area contributed by atoms with Crippen molar-refractivity contribution in [3.8, 4) is 17.2 Å². The molecule has 0 spiro atoms. The first-order chi connectivity index (χ1) is 30.1. The highest BCUT2D eigenvalue weighted by atomic mass is 35.5. The molecule has 4 saturated heterocycles. The van der Waals surface area contributed by atoms with Crippen molar-refractivity contribution in [1.29, 1.82) is 0 Å². The number of piperidine rings is 3. The molecule has 1 amide bonds. The summed E-state index contributed by atoms with van der Waals surface area (Å²) in [7, 11) is 3.08. The van der Waals surface area contributed by atoms with Gasteiger partial charge in [-0.2, -0.15) is 0 Å². The van der Waals surface area contributed by atoms with E-state index in [2.05, 4.69) is 9.88 Å². The number of nitrogens with one attached hydrogen (secondary N) is 1. The van der Waals surface area contributed by atoms with E-state index in [4.69, 9.17) is 46.9 Å². The van der Waals surface area contributed by atoms with E-state index in [0.29, 0.717) is 49.9 Å². The van der Waals surface area contributed by atoms with Gasteiger partial charge < -0.3 is 34.1 Å². The Labute approximate surface area is 377 Å². The maximum absolute atomic E-state index is 13.7. The molecule has 4 aliphatic heterocycles. The molecule has 4 aromatic carbocycles. The summed E-state index contributed by atoms with van der Waals surface area (Å²) in [6.45, 7) is 3.64. The number of ether oxygens (including phenoxy) is 5. The SMILES string of the molecule is COc1ccc([C@H](Cc2c(Cl)c[nH+]cc2Cl)OC(=O)C2CN(C(=O)c3cccc(COc4cccc([C@@H](CC(=O)O[C@H]5CN6CCC5CC6)c5ccccc5)c4)c3)C2)cc1OC.[OH-]. The summed E-state index contributed by atoms with van der Waals surface area (Å²) in [4.78, 5) is 47.6. The second-order valence-electron chi connectivity index (χ2n) is 16.2. The van der Waals surface area contributed by atoms with E-state index in [9.17, 15) is 14.4 Å². The van der Waals surface area contributed by atoms with Crippen molar-refractivity contribution in [2.45, 2.75) is 50.4 Å². The summed E-state index contributed by atoms with van der Waals surface area (Å²) in [6.07, 6.45) is 5.05. The summed E-state index contributed by atoms with van der Waals surface area (Å²) in [6, 6.07) is 30.5. The van der Waals surface area contributed by atoms with Gasteiger partial charge in [-0.15, -0.1) is 0 Å². The van der Waals surface area contributed by atoms with Gasteiger partial charge in [0.25, 0.3) is 5.91 Å². The van der Waals surface area contributed by atoms with E-state index in [-0.39, 0.29) is 61.9 Å². The molecule has 5 aromatic rings. The van der Waals surface area contributed by atoms with Crippen LogP contribution in [0, 0.1) is 11.8 Å². The number of methoxy groups -OCH3 is 2. The molecule has 330 valence electrons. The first-order valence-corrected chi connectivity index (χ1v) is 21.8. The maximum Gasteiger partial charge on any atom is 0.313 e. The number of likely N-dealkylation sites (tertiary alicyclic amines) is 1. The second-order valence-corrected chi connectivity index (χ2v) is 17.0. The van der Waals surface area contributed by atoms with Gasteiger partial charge in [-0.25, -0.2) is 4.98 Å². The molecule has 4 aliphatic rings. The number of nitrogens with zero attached hydrogens (tertiary/aromatic N) is 2. The number of rotatable bonds is 16. The van der Waals surface area contributed by atoms with Crippen molar-refractivity contribution in [1.82, 2.24) is 9.80 Å². The number of aromatic nitrogens is 1. The van der Waals surface area contributed by atoms with Crippen LogP contribution in [0.25, 0.3) is 0 Å². The third kappa shape index (κ3) is 10.8. The molecule has 2 bridgehead atoms. The van der Waals surface area contributed by atoms with Crippen molar-refractivity contribution in [3.63, 3.8) is 0 Å². The van der Waals surface area contributed by atoms with Crippen molar-refractivity contribution < 1.29 is 48.5 Å². The summed E-state index contributed by atoms with van der Waals surface area (Å²) < 4.78 is 29.4. The van der Waals surface area contributed by atoms with Gasteiger partial charge >= 0.3 is 11.9 Å². The molecule has 14 heteroatoms. The maximum atomic E-state index is 13.7. The van der Waals surface area contributed by atoms with Crippen molar-refractivity contribution in [2.75, 3.05) is 46.9 Å². The first kappa shape index (κ1) is 45.4. The molecule has 9 rings (SSSR count). The molecule has 0 radical (unpaired) electrons. The Morgan fingerprint density at radius 2 is 1.49 bits per heavy atom. The van der Waals surface area contributed by atoms with E-state index in [1.54, 1.807) is 48.7 Å². The number of benzene rings is 4. The molecule has 5 heterocycles. The lowest BCUT2D eigenvalue weighted by atomic mass is 9.85. The predicted octanol–water partition coefficient (Wildman–Crippen LogP) is 7.99. The van der Waals surface area contributed by atoms with Crippen LogP contribution in [0.3, 0.4) is 0 Å². The van der Waals surface area contributed by atoms with E-state index >= 15 is 0 Å². The average molecular weight is 897 g/mol. The van der Waals surface area contributed by atoms with Gasteiger partial charge in [-0.05, 0) is 90.5 Å². The highest BCUT2D eigenvalue weighted by Crippen LogP contribution is 2.37. The van der Waals surface area contributed by atoms with Crippen LogP contribution in [0.2, 0.25) is 10.0 Å². The lowest BCUT2D eigenvalue weighted by Crippen LogP contribution is -2.53. The molecule has 0 saturated carbocycles. The highest BCUT2D eigenvalue weighted by Gasteiger charge is 2.39. The Morgan fingerprint density at radius 1 is 0.778 bits per heavy atom. The number of esters is 2. The minimum atomic E-state index is -0.748. The van der Waals surface area contributed by atoms with Gasteiger partial charge in [0.2, 0.25) is 0 Å². The van der Waals surface area contributed by atoms with Gasteiger partial charge in [0.15, 0.2) is 23.9 Å². The second kappa shape index (κ2) is 20.7. The number of hydrogen-bond donors (Lipinski definition) is 0. The van der Waals surface area contributed by atoms with Crippen LogP contribution in [0.15, 0.2) is 109 Å². The Hall–Kier alpha value is -5.66. The summed E-state index contributed by atoms with van der Waals surface area (Å²) >= 11 is 13.0. The van der Waals surface area contributed by atoms with Crippen LogP contribution >= 0.6 is 23.2 Å². The summed E-state index contributed by atoms with van der Waals surface area (Å²) in [5.41, 5.74) is 4.58. The zero-order valence-corrected chi connectivity index (χ0v) is 36.7. The van der Waals surface area contributed by atoms with Crippen LogP contribution < -0.4 is 19.2 Å². The Morgan fingerprint density at radius 3 is 2.19 bits per heavy atom. The minimum Gasteiger partial charge on any atom is -0.870 e. The van der Waals surface area contributed by atoms with Crippen molar-refractivity contribution >= 4 is 41.0 Å². The normalized spacial score (nSPS) is 18.9. The number of aromatic amines is 1. The Balaban J connectivity index is 0.00000595. The third-order valence-corrected chi connectivity index (χ3v) is 12.9. The van der Waals surface area contributed by atoms with Gasteiger partial charge in [-0.3, -0.25) is 19.3 Å². The quantitative estimate of drug-likeness (QED) is 0.0893. The molecular weight excluding hydrogens is 845 g/mol. The molecule has 12 nitrogen and oxygen atoms in total. The van der Waals surface area contributed by atoms with Crippen molar-refractivity contribution in [3.05, 3.63) is 153 Å². The summed E-state index contributed by atoms with van der Waals surface area (Å²) in [5.74, 6) is 0.573. The number of amides is 1. The largest absolute Gasteiger partial charge is 0.870 e. The number of fused-ring (bicyclic) bond motifs is 3. The standard InChI is InChI=1S/C49H49Cl2N3O8.H2O/c1-58-43-15-14-35(22-45(43)59-2)44(23-40-41(50)25-52-26-42(40)51)62-49(57)37-27-54(28-37)48(56)36-12-6-8-31(20-36)30-60-38-13-7-11-34(21-38)39(32-9-4-3-5-10-32)24-47(55)61-46-29-53-18-16-33(46)17-19-53;/h3-15,20-22,25-26,33,37,39,44,46H,16-19,23-24,27-30H2,1-2H3;1H2/t39-,44-,46-;/m0./s1. The lowest BCUT2D eigenvalue weighted by Gasteiger charge is -2.44. The molecular formula is C49H51Cl2N3O9. The number of halogens is 2. The smallest absolute Gasteiger partial charge is 0.313 e. The third-order valence-electron chi connectivity index (χ3n) is 12.2. The average Bonchev–Trinajstić information content (AvgIpc) is 3.28. The zero-order chi connectivity index (χ0) is 43.2. The molecule has 3 atom stereocenters. The molecule has 4 fully saturated rings. The molecule has 0 aliphatic carbocycles. The Bertz CT molecular complexity index is 2370. The van der Waals surface area contributed by atoms with Gasteiger partial charge in [0.1, 0.15) is 34.6 Å². The lowest BCUT2D eigenvalue weighted by molar-refractivity contribution is -0.377. The van der Waals surface area contributed by atoms with Gasteiger partial charge in [0.05, 0.1) is 26.6 Å². The van der Waals surface area contributed by atoms with Crippen LogP contribution in [0.4, 0.5) is 0 Å². The number of pyridine rings is 1. The molecule has 63 heavy (non-hydrogen) atoms. The minimum absolute atomic E-state index is 0. The van der Waals surface area contributed by atoms with Crippen LogP contribution in [-0.2, 0) is 32.1 Å². The number of carbonyl (C=O) groups excluding carboxylic acids is 3. The fourth-order valence-electron chi connectivity index (χ4n) is 8.67. The molecule has 1 aromatic heterocycles. The number of H-pyrrole nitrogens is 1. The zero-order valence-electron chi connectivity index (χ0n) is 35.2. The van der Waals surface area contributed by atoms with E-state index in [1.807, 2.05) is 72.8 Å².